The lowest BCUT2D eigenvalue weighted by atomic mass is 10.1. The molecule has 1 rings (SSSR count). The molecule has 3 nitrogen and oxygen atoms in total. The largest absolute Gasteiger partial charge is 0.478 e. The number of carboxylic acids is 1. The fourth-order valence-electron chi connectivity index (χ4n) is 1.30. The summed E-state index contributed by atoms with van der Waals surface area (Å²) in [5.41, 5.74) is 1.89. The van der Waals surface area contributed by atoms with Gasteiger partial charge in [-0.25, -0.2) is 9.78 Å². The summed E-state index contributed by atoms with van der Waals surface area (Å²) in [7, 11) is 0. The first kappa shape index (κ1) is 11.8. The lowest BCUT2D eigenvalue weighted by molar-refractivity contribution is 0.0691. The van der Waals surface area contributed by atoms with E-state index in [1.54, 1.807) is 19.1 Å². The van der Waals surface area contributed by atoms with Gasteiger partial charge < -0.3 is 5.11 Å². The van der Waals surface area contributed by atoms with Gasteiger partial charge in [-0.2, -0.15) is 0 Å². The third kappa shape index (κ3) is 2.83. The predicted octanol–water partition coefficient (Wildman–Crippen LogP) is 2.67. The minimum atomic E-state index is -0.924. The summed E-state index contributed by atoms with van der Waals surface area (Å²) in [6.07, 6.45) is 1.73. The molecule has 0 spiro atoms. The Kier molecular flexibility index (Phi) is 3.91. The molecule has 4 heteroatoms. The summed E-state index contributed by atoms with van der Waals surface area (Å²) in [5.74, 6) is -0.262. The summed E-state index contributed by atoms with van der Waals surface area (Å²) in [4.78, 5) is 15.3. The standard InChI is InChI=1S/C11H13NO2S/c1-4-5-15-10-9(11(13)14)7(2)6-8(3)12-10/h4,6H,1,5H2,2-3H3,(H,13,14). The number of hydrogen-bond donors (Lipinski definition) is 1. The molecular formula is C11H13NO2S. The van der Waals surface area contributed by atoms with Crippen molar-refractivity contribution in [3.8, 4) is 0 Å². The number of thioether (sulfide) groups is 1. The van der Waals surface area contributed by atoms with Crippen LogP contribution in [0.25, 0.3) is 0 Å². The van der Waals surface area contributed by atoms with E-state index in [0.717, 1.165) is 11.3 Å². The smallest absolute Gasteiger partial charge is 0.338 e. The normalized spacial score (nSPS) is 10.0. The molecule has 0 radical (unpaired) electrons. The van der Waals surface area contributed by atoms with Gasteiger partial charge in [-0.1, -0.05) is 6.08 Å². The van der Waals surface area contributed by atoms with Gasteiger partial charge in [-0.05, 0) is 25.5 Å². The zero-order valence-corrected chi connectivity index (χ0v) is 9.60. The molecule has 1 heterocycles. The third-order valence-electron chi connectivity index (χ3n) is 1.86. The summed E-state index contributed by atoms with van der Waals surface area (Å²) in [6.45, 7) is 7.24. The molecular weight excluding hydrogens is 210 g/mol. The average Bonchev–Trinajstić information content (AvgIpc) is 2.12. The maximum Gasteiger partial charge on any atom is 0.338 e. The molecule has 1 aromatic rings. The number of nitrogens with zero attached hydrogens (tertiary/aromatic N) is 1. The van der Waals surface area contributed by atoms with Gasteiger partial charge in [0, 0.05) is 11.4 Å². The highest BCUT2D eigenvalue weighted by Gasteiger charge is 2.15. The first-order valence-electron chi connectivity index (χ1n) is 4.51. The maximum atomic E-state index is 11.0. The fourth-order valence-corrected chi connectivity index (χ4v) is 2.18. The Morgan fingerprint density at radius 2 is 2.33 bits per heavy atom. The van der Waals surface area contributed by atoms with E-state index in [2.05, 4.69) is 11.6 Å². The van der Waals surface area contributed by atoms with Gasteiger partial charge in [0.25, 0.3) is 0 Å². The van der Waals surface area contributed by atoms with Crippen LogP contribution >= 0.6 is 11.8 Å². The van der Waals surface area contributed by atoms with Crippen LogP contribution in [0.2, 0.25) is 0 Å². The number of carboxylic acid groups (broad SMARTS) is 1. The number of aromatic nitrogens is 1. The Balaban J connectivity index is 3.20. The number of rotatable bonds is 4. The van der Waals surface area contributed by atoms with Crippen molar-refractivity contribution < 1.29 is 9.90 Å². The second-order valence-corrected chi connectivity index (χ2v) is 4.17. The fraction of sp³-hybridized carbons (Fsp3) is 0.273. The third-order valence-corrected chi connectivity index (χ3v) is 2.83. The van der Waals surface area contributed by atoms with E-state index in [4.69, 9.17) is 5.11 Å². The van der Waals surface area contributed by atoms with Crippen LogP contribution in [-0.4, -0.2) is 21.8 Å². The molecule has 0 saturated heterocycles. The molecule has 80 valence electrons. The molecule has 0 fully saturated rings. The second-order valence-electron chi connectivity index (χ2n) is 3.17. The zero-order chi connectivity index (χ0) is 11.4. The highest BCUT2D eigenvalue weighted by molar-refractivity contribution is 7.99. The van der Waals surface area contributed by atoms with Gasteiger partial charge in [0.1, 0.15) is 5.03 Å². The van der Waals surface area contributed by atoms with Crippen molar-refractivity contribution in [2.45, 2.75) is 18.9 Å². The Labute approximate surface area is 93.2 Å². The molecule has 0 amide bonds. The van der Waals surface area contributed by atoms with Gasteiger partial charge in [-0.3, -0.25) is 0 Å². The number of aromatic carboxylic acids is 1. The quantitative estimate of drug-likeness (QED) is 0.629. The Morgan fingerprint density at radius 1 is 1.67 bits per heavy atom. The van der Waals surface area contributed by atoms with Crippen LogP contribution < -0.4 is 0 Å². The molecule has 0 saturated carbocycles. The molecule has 1 N–H and O–H groups in total. The molecule has 15 heavy (non-hydrogen) atoms. The van der Waals surface area contributed by atoms with Crippen molar-refractivity contribution in [1.29, 1.82) is 0 Å². The lowest BCUT2D eigenvalue weighted by Crippen LogP contribution is -2.05. The number of aryl methyl sites for hydroxylation is 2. The van der Waals surface area contributed by atoms with Crippen molar-refractivity contribution >= 4 is 17.7 Å². The van der Waals surface area contributed by atoms with E-state index in [0.29, 0.717) is 16.3 Å². The zero-order valence-electron chi connectivity index (χ0n) is 8.78. The number of carbonyl (C=O) groups is 1. The molecule has 0 bridgehead atoms. The van der Waals surface area contributed by atoms with Crippen LogP contribution in [0.1, 0.15) is 21.6 Å². The van der Waals surface area contributed by atoms with Crippen molar-refractivity contribution in [1.82, 2.24) is 4.98 Å². The first-order valence-corrected chi connectivity index (χ1v) is 5.50. The minimum absolute atomic E-state index is 0.299. The van der Waals surface area contributed by atoms with E-state index in [9.17, 15) is 4.79 Å². The number of pyridine rings is 1. The maximum absolute atomic E-state index is 11.0. The minimum Gasteiger partial charge on any atom is -0.478 e. The molecule has 0 aliphatic carbocycles. The lowest BCUT2D eigenvalue weighted by Gasteiger charge is -2.07. The molecule has 0 aromatic carbocycles. The van der Waals surface area contributed by atoms with Crippen molar-refractivity contribution in [3.05, 3.63) is 35.5 Å². The molecule has 0 atom stereocenters. The van der Waals surface area contributed by atoms with E-state index in [1.807, 2.05) is 6.92 Å². The topological polar surface area (TPSA) is 50.2 Å². The van der Waals surface area contributed by atoms with Gasteiger partial charge >= 0.3 is 5.97 Å². The SMILES string of the molecule is C=CCSc1nc(C)cc(C)c1C(=O)O. The van der Waals surface area contributed by atoms with Gasteiger partial charge in [-0.15, -0.1) is 18.3 Å². The van der Waals surface area contributed by atoms with Crippen LogP contribution in [0.15, 0.2) is 23.7 Å². The van der Waals surface area contributed by atoms with E-state index < -0.39 is 5.97 Å². The molecule has 1 aromatic heterocycles. The summed E-state index contributed by atoms with van der Waals surface area (Å²) >= 11 is 1.39. The summed E-state index contributed by atoms with van der Waals surface area (Å²) < 4.78 is 0. The van der Waals surface area contributed by atoms with E-state index in [-0.39, 0.29) is 0 Å². The molecule has 0 aliphatic rings. The van der Waals surface area contributed by atoms with Crippen molar-refractivity contribution in [2.24, 2.45) is 0 Å². The molecule has 0 aliphatic heterocycles. The van der Waals surface area contributed by atoms with Crippen LogP contribution in [0, 0.1) is 13.8 Å². The average molecular weight is 223 g/mol. The van der Waals surface area contributed by atoms with Crippen LogP contribution in [0.3, 0.4) is 0 Å². The van der Waals surface area contributed by atoms with Gasteiger partial charge in [0.15, 0.2) is 0 Å². The van der Waals surface area contributed by atoms with Crippen LogP contribution in [0.4, 0.5) is 0 Å². The second kappa shape index (κ2) is 4.98. The predicted molar refractivity (Wildman–Crippen MR) is 61.6 cm³/mol. The highest BCUT2D eigenvalue weighted by atomic mass is 32.2. The Hall–Kier alpha value is -1.29. The van der Waals surface area contributed by atoms with Gasteiger partial charge in [0.05, 0.1) is 5.56 Å². The van der Waals surface area contributed by atoms with Crippen LogP contribution in [-0.2, 0) is 0 Å². The monoisotopic (exact) mass is 223 g/mol. The summed E-state index contributed by atoms with van der Waals surface area (Å²) in [5, 5.41) is 9.63. The first-order chi connectivity index (χ1) is 7.06. The molecule has 0 unspecified atom stereocenters. The van der Waals surface area contributed by atoms with Crippen LogP contribution in [0.5, 0.6) is 0 Å². The summed E-state index contributed by atoms with van der Waals surface area (Å²) in [6, 6.07) is 1.78. The van der Waals surface area contributed by atoms with Gasteiger partial charge in [0.2, 0.25) is 0 Å². The Bertz CT molecular complexity index is 402. The Morgan fingerprint density at radius 3 is 2.87 bits per heavy atom. The highest BCUT2D eigenvalue weighted by Crippen LogP contribution is 2.24. The van der Waals surface area contributed by atoms with E-state index in [1.165, 1.54) is 11.8 Å². The number of hydrogen-bond acceptors (Lipinski definition) is 3. The van der Waals surface area contributed by atoms with E-state index >= 15 is 0 Å². The van der Waals surface area contributed by atoms with Crippen molar-refractivity contribution in [2.75, 3.05) is 5.75 Å². The van der Waals surface area contributed by atoms with Crippen molar-refractivity contribution in [3.63, 3.8) is 0 Å².